The van der Waals surface area contributed by atoms with Crippen molar-refractivity contribution in [1.29, 1.82) is 0 Å². The normalized spacial score (nSPS) is 10.8. The summed E-state index contributed by atoms with van der Waals surface area (Å²) in [6.07, 6.45) is 0. The van der Waals surface area contributed by atoms with Crippen LogP contribution in [0.5, 0.6) is 11.5 Å². The van der Waals surface area contributed by atoms with Gasteiger partial charge in [0.1, 0.15) is 0 Å². The van der Waals surface area contributed by atoms with Crippen LogP contribution in [0.4, 0.5) is 8.78 Å². The average molecular weight is 409 g/mol. The molecule has 1 N–H and O–H groups in total. The van der Waals surface area contributed by atoms with Gasteiger partial charge in [-0.2, -0.15) is 8.78 Å². The Morgan fingerprint density at radius 2 is 1.79 bits per heavy atom. The highest BCUT2D eigenvalue weighted by molar-refractivity contribution is 5.97. The first-order valence-electron chi connectivity index (χ1n) is 9.18. The molecule has 0 atom stereocenters. The van der Waals surface area contributed by atoms with E-state index in [1.165, 1.54) is 25.3 Å². The number of hydrogen-bond acceptors (Lipinski definition) is 5. The SMILES string of the molecule is CCOCCOCc1cccc(CNC(=O)c2cccc(OC)c2OC(F)F)c1. The zero-order valence-corrected chi connectivity index (χ0v) is 16.5. The van der Waals surface area contributed by atoms with Gasteiger partial charge >= 0.3 is 6.61 Å². The highest BCUT2D eigenvalue weighted by atomic mass is 19.3. The molecule has 6 nitrogen and oxygen atoms in total. The summed E-state index contributed by atoms with van der Waals surface area (Å²) in [6.45, 7) is 1.18. The minimum atomic E-state index is -3.07. The van der Waals surface area contributed by atoms with Gasteiger partial charge in [-0.3, -0.25) is 4.79 Å². The summed E-state index contributed by atoms with van der Waals surface area (Å²) in [5, 5.41) is 2.71. The first-order chi connectivity index (χ1) is 14.0. The minimum absolute atomic E-state index is 0.0277. The molecule has 2 rings (SSSR count). The van der Waals surface area contributed by atoms with E-state index in [1.54, 1.807) is 0 Å². The Kier molecular flexibility index (Phi) is 9.33. The zero-order chi connectivity index (χ0) is 21.1. The maximum absolute atomic E-state index is 12.7. The fourth-order valence-electron chi connectivity index (χ4n) is 2.63. The van der Waals surface area contributed by atoms with Crippen LogP contribution in [0.1, 0.15) is 28.4 Å². The predicted octanol–water partition coefficient (Wildman–Crippen LogP) is 3.78. The van der Waals surface area contributed by atoms with E-state index in [4.69, 9.17) is 14.2 Å². The predicted molar refractivity (Wildman–Crippen MR) is 103 cm³/mol. The highest BCUT2D eigenvalue weighted by Crippen LogP contribution is 2.32. The smallest absolute Gasteiger partial charge is 0.387 e. The van der Waals surface area contributed by atoms with Crippen LogP contribution in [0.3, 0.4) is 0 Å². The lowest BCUT2D eigenvalue weighted by molar-refractivity contribution is -0.0515. The van der Waals surface area contributed by atoms with Crippen molar-refractivity contribution in [3.05, 3.63) is 59.2 Å². The van der Waals surface area contributed by atoms with Gasteiger partial charge in [0, 0.05) is 13.2 Å². The summed E-state index contributed by atoms with van der Waals surface area (Å²) < 4.78 is 45.7. The van der Waals surface area contributed by atoms with Crippen molar-refractivity contribution in [3.8, 4) is 11.5 Å². The van der Waals surface area contributed by atoms with E-state index in [0.29, 0.717) is 26.4 Å². The van der Waals surface area contributed by atoms with E-state index < -0.39 is 12.5 Å². The molecule has 0 aliphatic carbocycles. The number of carbonyl (C=O) groups excluding carboxylic acids is 1. The van der Waals surface area contributed by atoms with Gasteiger partial charge in [-0.1, -0.05) is 30.3 Å². The molecule has 0 aromatic heterocycles. The van der Waals surface area contributed by atoms with Crippen molar-refractivity contribution in [3.63, 3.8) is 0 Å². The van der Waals surface area contributed by atoms with E-state index in [-0.39, 0.29) is 23.6 Å². The Hall–Kier alpha value is -2.71. The fourth-order valence-corrected chi connectivity index (χ4v) is 2.63. The minimum Gasteiger partial charge on any atom is -0.493 e. The lowest BCUT2D eigenvalue weighted by Gasteiger charge is -2.14. The Labute approximate surface area is 168 Å². The van der Waals surface area contributed by atoms with Crippen LogP contribution in [-0.2, 0) is 22.6 Å². The topological polar surface area (TPSA) is 66.0 Å². The number of amides is 1. The van der Waals surface area contributed by atoms with Crippen LogP contribution in [-0.4, -0.2) is 39.4 Å². The van der Waals surface area contributed by atoms with Gasteiger partial charge in [-0.15, -0.1) is 0 Å². The van der Waals surface area contributed by atoms with Crippen molar-refractivity contribution >= 4 is 5.91 Å². The quantitative estimate of drug-likeness (QED) is 0.541. The number of para-hydroxylation sites is 1. The van der Waals surface area contributed by atoms with Crippen molar-refractivity contribution < 1.29 is 32.5 Å². The maximum Gasteiger partial charge on any atom is 0.387 e. The number of hydrogen-bond donors (Lipinski definition) is 1. The van der Waals surface area contributed by atoms with Crippen molar-refractivity contribution in [2.24, 2.45) is 0 Å². The third-order valence-electron chi connectivity index (χ3n) is 3.94. The second kappa shape index (κ2) is 12.0. The van der Waals surface area contributed by atoms with Crippen LogP contribution in [0.25, 0.3) is 0 Å². The molecule has 0 aliphatic heterocycles. The summed E-state index contributed by atoms with van der Waals surface area (Å²) in [7, 11) is 1.32. The molecule has 0 saturated carbocycles. The molecule has 29 heavy (non-hydrogen) atoms. The van der Waals surface area contributed by atoms with Gasteiger partial charge in [0.2, 0.25) is 0 Å². The molecule has 1 amide bonds. The number of halogens is 2. The van der Waals surface area contributed by atoms with Gasteiger partial charge in [-0.25, -0.2) is 0 Å². The third kappa shape index (κ3) is 7.32. The molecular formula is C21H25F2NO5. The molecule has 2 aromatic rings. The highest BCUT2D eigenvalue weighted by Gasteiger charge is 2.20. The lowest BCUT2D eigenvalue weighted by Crippen LogP contribution is -2.24. The van der Waals surface area contributed by atoms with Crippen LogP contribution >= 0.6 is 0 Å². The van der Waals surface area contributed by atoms with Crippen LogP contribution in [0, 0.1) is 0 Å². The molecule has 0 aliphatic rings. The molecule has 8 heteroatoms. The number of rotatable bonds is 12. The summed E-state index contributed by atoms with van der Waals surface area (Å²) in [6, 6.07) is 11.9. The van der Waals surface area contributed by atoms with Crippen molar-refractivity contribution in [2.45, 2.75) is 26.7 Å². The van der Waals surface area contributed by atoms with Crippen LogP contribution < -0.4 is 14.8 Å². The van der Waals surface area contributed by atoms with E-state index in [0.717, 1.165) is 11.1 Å². The monoisotopic (exact) mass is 409 g/mol. The first-order valence-corrected chi connectivity index (χ1v) is 9.18. The molecule has 0 saturated heterocycles. The van der Waals surface area contributed by atoms with Crippen LogP contribution in [0.15, 0.2) is 42.5 Å². The number of carbonyl (C=O) groups is 1. The largest absolute Gasteiger partial charge is 0.493 e. The zero-order valence-electron chi connectivity index (χ0n) is 16.5. The van der Waals surface area contributed by atoms with E-state index in [2.05, 4.69) is 10.1 Å². The number of alkyl halides is 2. The standard InChI is InChI=1S/C21H25F2NO5/c1-3-27-10-11-28-14-16-7-4-6-15(12-16)13-24-20(25)17-8-5-9-18(26-2)19(17)29-21(22)23/h4-9,12,21H,3,10-11,13-14H2,1-2H3,(H,24,25). The Balaban J connectivity index is 1.98. The summed E-state index contributed by atoms with van der Waals surface area (Å²) in [4.78, 5) is 12.5. The fraction of sp³-hybridized carbons (Fsp3) is 0.381. The Morgan fingerprint density at radius 1 is 1.07 bits per heavy atom. The number of nitrogens with one attached hydrogen (secondary N) is 1. The number of methoxy groups -OCH3 is 1. The second-order valence-corrected chi connectivity index (χ2v) is 5.97. The second-order valence-electron chi connectivity index (χ2n) is 5.97. The van der Waals surface area contributed by atoms with Gasteiger partial charge in [0.15, 0.2) is 11.5 Å². The number of benzene rings is 2. The average Bonchev–Trinajstić information content (AvgIpc) is 2.72. The van der Waals surface area contributed by atoms with Gasteiger partial charge in [0.05, 0.1) is 32.5 Å². The summed E-state index contributed by atoms with van der Waals surface area (Å²) in [5.74, 6) is -0.777. The van der Waals surface area contributed by atoms with Crippen LogP contribution in [0.2, 0.25) is 0 Å². The molecule has 158 valence electrons. The van der Waals surface area contributed by atoms with E-state index in [1.807, 2.05) is 31.2 Å². The van der Waals surface area contributed by atoms with E-state index >= 15 is 0 Å². The summed E-state index contributed by atoms with van der Waals surface area (Å²) in [5.41, 5.74) is 1.78. The molecule has 0 radical (unpaired) electrons. The van der Waals surface area contributed by atoms with Gasteiger partial charge in [0.25, 0.3) is 5.91 Å². The van der Waals surface area contributed by atoms with Gasteiger partial charge in [-0.05, 0) is 30.2 Å². The molecular weight excluding hydrogens is 384 g/mol. The Morgan fingerprint density at radius 3 is 2.52 bits per heavy atom. The molecule has 0 fully saturated rings. The molecule has 0 spiro atoms. The first kappa shape index (κ1) is 22.6. The Bertz CT molecular complexity index is 785. The molecule has 2 aromatic carbocycles. The molecule has 0 heterocycles. The summed E-state index contributed by atoms with van der Waals surface area (Å²) >= 11 is 0. The maximum atomic E-state index is 12.7. The van der Waals surface area contributed by atoms with E-state index in [9.17, 15) is 13.6 Å². The lowest BCUT2D eigenvalue weighted by atomic mass is 10.1. The molecule has 0 unspecified atom stereocenters. The number of ether oxygens (including phenoxy) is 4. The van der Waals surface area contributed by atoms with Crippen molar-refractivity contribution in [2.75, 3.05) is 26.9 Å². The van der Waals surface area contributed by atoms with Crippen molar-refractivity contribution in [1.82, 2.24) is 5.32 Å². The third-order valence-corrected chi connectivity index (χ3v) is 3.94. The molecule has 0 bridgehead atoms. The van der Waals surface area contributed by atoms with Gasteiger partial charge < -0.3 is 24.3 Å².